The highest BCUT2D eigenvalue weighted by atomic mass is 32.1. The molecule has 0 fully saturated rings. The smallest absolute Gasteiger partial charge is 0.338 e. The third-order valence-corrected chi connectivity index (χ3v) is 6.76. The van der Waals surface area contributed by atoms with E-state index in [1.807, 2.05) is 24.3 Å². The summed E-state index contributed by atoms with van der Waals surface area (Å²) in [6.45, 7) is 7.72. The standard InChI is InChI=1S/C28H28N2O6S/c1-6-13-36-20-10-8-9-18(14-20)15-23-26(31)30-25(21-12-11-19(33-4)16-22(21)34-5)24(27(32)35-7-2)17(3)29-28(30)37-23/h6,8-12,14-16,25H,1,7,13H2,2-5H3/b23-15-/t25-/m1/s1. The summed E-state index contributed by atoms with van der Waals surface area (Å²) in [5.74, 6) is 1.20. The fourth-order valence-corrected chi connectivity index (χ4v) is 5.18. The van der Waals surface area contributed by atoms with Crippen molar-refractivity contribution in [3.05, 3.63) is 97.2 Å². The molecule has 1 aromatic heterocycles. The SMILES string of the molecule is C=CCOc1cccc(/C=c2\sc3n(c2=O)[C@H](c2ccc(OC)cc2OC)C(C(=O)OCC)=C(C)N=3)c1. The lowest BCUT2D eigenvalue weighted by molar-refractivity contribution is -0.139. The average Bonchev–Trinajstić information content (AvgIpc) is 3.20. The number of ether oxygens (including phenoxy) is 4. The van der Waals surface area contributed by atoms with Gasteiger partial charge in [0, 0.05) is 11.6 Å². The van der Waals surface area contributed by atoms with E-state index in [0.29, 0.717) is 44.4 Å². The number of carbonyl (C=O) groups is 1. The van der Waals surface area contributed by atoms with Gasteiger partial charge in [0.2, 0.25) is 0 Å². The maximum atomic E-state index is 13.8. The monoisotopic (exact) mass is 520 g/mol. The number of thiazole rings is 1. The summed E-state index contributed by atoms with van der Waals surface area (Å²) in [5, 5.41) is 0. The molecule has 0 bridgehead atoms. The summed E-state index contributed by atoms with van der Waals surface area (Å²) in [5.41, 5.74) is 1.90. The number of methoxy groups -OCH3 is 2. The Morgan fingerprint density at radius 1 is 1.16 bits per heavy atom. The van der Waals surface area contributed by atoms with Gasteiger partial charge in [-0.05, 0) is 49.8 Å². The van der Waals surface area contributed by atoms with E-state index < -0.39 is 12.0 Å². The van der Waals surface area contributed by atoms with E-state index >= 15 is 0 Å². The molecule has 0 unspecified atom stereocenters. The molecule has 1 aliphatic rings. The normalized spacial score (nSPS) is 15.0. The number of esters is 1. The van der Waals surface area contributed by atoms with Crippen LogP contribution < -0.4 is 29.1 Å². The minimum Gasteiger partial charge on any atom is -0.497 e. The number of hydrogen-bond donors (Lipinski definition) is 0. The number of fused-ring (bicyclic) bond motifs is 1. The summed E-state index contributed by atoms with van der Waals surface area (Å²) in [4.78, 5) is 32.0. The molecule has 8 nitrogen and oxygen atoms in total. The van der Waals surface area contributed by atoms with Crippen molar-refractivity contribution >= 4 is 23.4 Å². The molecule has 1 atom stereocenters. The number of benzene rings is 2. The molecular formula is C28H28N2O6S. The highest BCUT2D eigenvalue weighted by Gasteiger charge is 2.35. The summed E-state index contributed by atoms with van der Waals surface area (Å²) >= 11 is 1.25. The van der Waals surface area contributed by atoms with Crippen LogP contribution in [0.4, 0.5) is 0 Å². The Bertz CT molecular complexity index is 1550. The molecule has 0 amide bonds. The van der Waals surface area contributed by atoms with E-state index in [1.54, 1.807) is 51.3 Å². The molecule has 0 spiro atoms. The minimum absolute atomic E-state index is 0.191. The highest BCUT2D eigenvalue weighted by molar-refractivity contribution is 7.07. The summed E-state index contributed by atoms with van der Waals surface area (Å²) in [6.07, 6.45) is 3.46. The van der Waals surface area contributed by atoms with Crippen LogP contribution in [0.15, 0.2) is 76.2 Å². The van der Waals surface area contributed by atoms with E-state index in [9.17, 15) is 9.59 Å². The van der Waals surface area contributed by atoms with Gasteiger partial charge in [-0.2, -0.15) is 0 Å². The lowest BCUT2D eigenvalue weighted by Crippen LogP contribution is -2.40. The van der Waals surface area contributed by atoms with Crippen molar-refractivity contribution in [2.45, 2.75) is 19.9 Å². The zero-order chi connectivity index (χ0) is 26.5. The molecule has 0 radical (unpaired) electrons. The van der Waals surface area contributed by atoms with Crippen molar-refractivity contribution in [2.24, 2.45) is 4.99 Å². The number of allylic oxidation sites excluding steroid dienone is 1. The minimum atomic E-state index is -0.791. The fourth-order valence-electron chi connectivity index (χ4n) is 4.13. The Kier molecular flexibility index (Phi) is 7.93. The summed E-state index contributed by atoms with van der Waals surface area (Å²) in [6, 6.07) is 11.9. The Labute approximate surface area is 218 Å². The molecule has 3 aromatic rings. The van der Waals surface area contributed by atoms with Gasteiger partial charge in [0.25, 0.3) is 5.56 Å². The van der Waals surface area contributed by atoms with Crippen LogP contribution in [0.5, 0.6) is 17.2 Å². The van der Waals surface area contributed by atoms with E-state index in [0.717, 1.165) is 5.56 Å². The lowest BCUT2D eigenvalue weighted by atomic mass is 9.95. The zero-order valence-electron chi connectivity index (χ0n) is 21.1. The molecule has 0 aliphatic carbocycles. The van der Waals surface area contributed by atoms with Gasteiger partial charge in [-0.25, -0.2) is 9.79 Å². The van der Waals surface area contributed by atoms with Crippen molar-refractivity contribution in [3.63, 3.8) is 0 Å². The molecule has 0 N–H and O–H groups in total. The molecule has 0 saturated heterocycles. The van der Waals surface area contributed by atoms with Crippen LogP contribution in [-0.2, 0) is 9.53 Å². The van der Waals surface area contributed by atoms with Crippen molar-refractivity contribution < 1.29 is 23.7 Å². The Balaban J connectivity index is 1.93. The van der Waals surface area contributed by atoms with Crippen LogP contribution in [0.2, 0.25) is 0 Å². The van der Waals surface area contributed by atoms with Gasteiger partial charge in [0.15, 0.2) is 4.80 Å². The number of carbonyl (C=O) groups excluding carboxylic acids is 1. The molecule has 4 rings (SSSR count). The lowest BCUT2D eigenvalue weighted by Gasteiger charge is -2.26. The van der Waals surface area contributed by atoms with Gasteiger partial charge in [-0.1, -0.05) is 36.1 Å². The molecule has 1 aliphatic heterocycles. The van der Waals surface area contributed by atoms with Gasteiger partial charge < -0.3 is 18.9 Å². The number of hydrogen-bond acceptors (Lipinski definition) is 8. The largest absolute Gasteiger partial charge is 0.497 e. The Morgan fingerprint density at radius 2 is 1.97 bits per heavy atom. The van der Waals surface area contributed by atoms with Gasteiger partial charge >= 0.3 is 5.97 Å². The topological polar surface area (TPSA) is 88.3 Å². The van der Waals surface area contributed by atoms with Gasteiger partial charge in [0.1, 0.15) is 29.9 Å². The second-order valence-corrected chi connectivity index (χ2v) is 9.09. The van der Waals surface area contributed by atoms with Crippen LogP contribution in [0, 0.1) is 0 Å². The molecule has 192 valence electrons. The second kappa shape index (κ2) is 11.3. The van der Waals surface area contributed by atoms with Gasteiger partial charge in [-0.3, -0.25) is 9.36 Å². The van der Waals surface area contributed by atoms with Crippen molar-refractivity contribution in [1.82, 2.24) is 4.57 Å². The number of rotatable bonds is 9. The van der Waals surface area contributed by atoms with Crippen LogP contribution >= 0.6 is 11.3 Å². The van der Waals surface area contributed by atoms with Crippen LogP contribution in [0.1, 0.15) is 31.0 Å². The first-order chi connectivity index (χ1) is 17.9. The van der Waals surface area contributed by atoms with Crippen LogP contribution in [0.3, 0.4) is 0 Å². The van der Waals surface area contributed by atoms with E-state index in [4.69, 9.17) is 18.9 Å². The van der Waals surface area contributed by atoms with Crippen molar-refractivity contribution in [2.75, 3.05) is 27.4 Å². The molecule has 2 heterocycles. The first-order valence-electron chi connectivity index (χ1n) is 11.7. The van der Waals surface area contributed by atoms with E-state index in [-0.39, 0.29) is 17.7 Å². The first-order valence-corrected chi connectivity index (χ1v) is 12.5. The Morgan fingerprint density at radius 3 is 2.68 bits per heavy atom. The molecular weight excluding hydrogens is 492 g/mol. The maximum absolute atomic E-state index is 13.8. The van der Waals surface area contributed by atoms with Crippen LogP contribution in [0.25, 0.3) is 6.08 Å². The summed E-state index contributed by atoms with van der Waals surface area (Å²) < 4.78 is 24.0. The Hall–Kier alpha value is -4.11. The highest BCUT2D eigenvalue weighted by Crippen LogP contribution is 2.37. The van der Waals surface area contributed by atoms with Crippen molar-refractivity contribution in [3.8, 4) is 17.2 Å². The third kappa shape index (κ3) is 5.22. The first kappa shape index (κ1) is 26.0. The number of nitrogens with zero attached hydrogens (tertiary/aromatic N) is 2. The molecule has 9 heteroatoms. The zero-order valence-corrected chi connectivity index (χ0v) is 22.0. The average molecular weight is 521 g/mol. The maximum Gasteiger partial charge on any atom is 0.338 e. The van der Waals surface area contributed by atoms with E-state index in [1.165, 1.54) is 23.0 Å². The van der Waals surface area contributed by atoms with Gasteiger partial charge in [0.05, 0.1) is 36.6 Å². The van der Waals surface area contributed by atoms with E-state index in [2.05, 4.69) is 11.6 Å². The van der Waals surface area contributed by atoms with Crippen molar-refractivity contribution in [1.29, 1.82) is 0 Å². The quantitative estimate of drug-likeness (QED) is 0.318. The third-order valence-electron chi connectivity index (χ3n) is 5.78. The summed E-state index contributed by atoms with van der Waals surface area (Å²) in [7, 11) is 3.09. The molecule has 37 heavy (non-hydrogen) atoms. The second-order valence-electron chi connectivity index (χ2n) is 8.08. The van der Waals surface area contributed by atoms with Gasteiger partial charge in [-0.15, -0.1) is 0 Å². The van der Waals surface area contributed by atoms with Crippen LogP contribution in [-0.4, -0.2) is 38.0 Å². The fraction of sp³-hybridized carbons (Fsp3) is 0.250. The molecule has 2 aromatic carbocycles. The molecule has 0 saturated carbocycles. The number of aromatic nitrogens is 1. The predicted octanol–water partition coefficient (Wildman–Crippen LogP) is 3.38. The predicted molar refractivity (Wildman–Crippen MR) is 142 cm³/mol.